The highest BCUT2D eigenvalue weighted by atomic mass is 16.6. The van der Waals surface area contributed by atoms with Crippen molar-refractivity contribution in [3.05, 3.63) is 0 Å². The van der Waals surface area contributed by atoms with E-state index in [0.717, 1.165) is 25.7 Å². The molecule has 0 aliphatic rings. The molecule has 0 bridgehead atoms. The van der Waals surface area contributed by atoms with Crippen LogP contribution in [0.3, 0.4) is 0 Å². The van der Waals surface area contributed by atoms with Crippen LogP contribution in [0.1, 0.15) is 45.4 Å². The first kappa shape index (κ1) is 14.1. The highest BCUT2D eigenvalue weighted by Crippen LogP contribution is 2.06. The summed E-state index contributed by atoms with van der Waals surface area (Å²) >= 11 is 0. The Balaban J connectivity index is 3.44. The van der Waals surface area contributed by atoms with E-state index in [1.54, 1.807) is 0 Å². The topological polar surface area (TPSA) is 63.6 Å². The van der Waals surface area contributed by atoms with Crippen molar-refractivity contribution >= 4 is 12.3 Å². The van der Waals surface area contributed by atoms with E-state index in [1.165, 1.54) is 12.7 Å². The van der Waals surface area contributed by atoms with Crippen molar-refractivity contribution in [3.63, 3.8) is 0 Å². The second kappa shape index (κ2) is 9.65. The molecule has 0 amide bonds. The van der Waals surface area contributed by atoms with Gasteiger partial charge < -0.3 is 9.84 Å². The van der Waals surface area contributed by atoms with Crippen LogP contribution >= 0.6 is 0 Å². The van der Waals surface area contributed by atoms with Crippen molar-refractivity contribution in [1.82, 2.24) is 0 Å². The summed E-state index contributed by atoms with van der Waals surface area (Å²) in [5, 5.41) is 8.58. The number of hydrogen-bond donors (Lipinski definition) is 1. The maximum atomic E-state index is 11.1. The Kier molecular flexibility index (Phi) is 9.07. The largest absolute Gasteiger partial charge is 0.451 e. The van der Waals surface area contributed by atoms with Gasteiger partial charge in [-0.2, -0.15) is 0 Å². The first-order valence-electron chi connectivity index (χ1n) is 5.42. The fourth-order valence-corrected chi connectivity index (χ4v) is 1.19. The van der Waals surface area contributed by atoms with E-state index in [4.69, 9.17) is 5.11 Å². The molecule has 0 aromatic rings. The molecule has 1 radical (unpaired) electrons. The molecule has 0 saturated heterocycles. The van der Waals surface area contributed by atoms with Gasteiger partial charge in [0.15, 0.2) is 6.10 Å². The SMILES string of the molecule is CCCCCCCC(=O)OC([C]=O)CO. The van der Waals surface area contributed by atoms with E-state index in [9.17, 15) is 9.59 Å². The van der Waals surface area contributed by atoms with E-state index < -0.39 is 18.7 Å². The Labute approximate surface area is 90.6 Å². The minimum atomic E-state index is -1.12. The lowest BCUT2D eigenvalue weighted by Gasteiger charge is -2.07. The van der Waals surface area contributed by atoms with E-state index >= 15 is 0 Å². The number of esters is 1. The van der Waals surface area contributed by atoms with Crippen LogP contribution in [0.4, 0.5) is 0 Å². The molecule has 0 fully saturated rings. The van der Waals surface area contributed by atoms with E-state index in [1.807, 2.05) is 0 Å². The molecular formula is C11H19O4. The maximum Gasteiger partial charge on any atom is 0.306 e. The van der Waals surface area contributed by atoms with Gasteiger partial charge in [0.05, 0.1) is 6.61 Å². The molecule has 0 aliphatic carbocycles. The standard InChI is InChI=1S/C11H19O4/c1-2-3-4-5-6-7-11(14)15-10(8-12)9-13/h10,12H,2-8H2,1H3. The molecule has 1 atom stereocenters. The van der Waals surface area contributed by atoms with Crippen LogP contribution in [0.2, 0.25) is 0 Å². The quantitative estimate of drug-likeness (QED) is 0.466. The highest BCUT2D eigenvalue weighted by Gasteiger charge is 2.12. The number of unbranched alkanes of at least 4 members (excludes halogenated alkanes) is 4. The summed E-state index contributed by atoms with van der Waals surface area (Å²) in [5.41, 5.74) is 0. The highest BCUT2D eigenvalue weighted by molar-refractivity contribution is 5.72. The van der Waals surface area contributed by atoms with Crippen molar-refractivity contribution in [3.8, 4) is 0 Å². The van der Waals surface area contributed by atoms with Gasteiger partial charge in [-0.15, -0.1) is 0 Å². The molecule has 0 aromatic heterocycles. The van der Waals surface area contributed by atoms with Gasteiger partial charge in [-0.1, -0.05) is 32.6 Å². The van der Waals surface area contributed by atoms with Crippen molar-refractivity contribution < 1.29 is 19.4 Å². The summed E-state index contributed by atoms with van der Waals surface area (Å²) in [6.07, 6.45) is 5.87. The molecule has 0 aliphatic heterocycles. The smallest absolute Gasteiger partial charge is 0.306 e. The van der Waals surface area contributed by atoms with Crippen LogP contribution < -0.4 is 0 Å². The zero-order valence-electron chi connectivity index (χ0n) is 9.20. The molecule has 0 saturated carbocycles. The molecule has 1 unspecified atom stereocenters. The third-order valence-corrected chi connectivity index (χ3v) is 2.06. The summed E-state index contributed by atoms with van der Waals surface area (Å²) < 4.78 is 4.64. The number of carbonyl (C=O) groups is 1. The third kappa shape index (κ3) is 8.12. The predicted octanol–water partition coefficient (Wildman–Crippen LogP) is 1.36. The van der Waals surface area contributed by atoms with Crippen LogP contribution in [-0.4, -0.2) is 30.1 Å². The van der Waals surface area contributed by atoms with Gasteiger partial charge in [0, 0.05) is 6.42 Å². The third-order valence-electron chi connectivity index (χ3n) is 2.06. The predicted molar refractivity (Wildman–Crippen MR) is 56.0 cm³/mol. The van der Waals surface area contributed by atoms with E-state index in [2.05, 4.69) is 11.7 Å². The lowest BCUT2D eigenvalue weighted by Crippen LogP contribution is -2.23. The van der Waals surface area contributed by atoms with Crippen LogP contribution in [0.25, 0.3) is 0 Å². The molecular weight excluding hydrogens is 196 g/mol. The molecule has 1 N–H and O–H groups in total. The maximum absolute atomic E-state index is 11.1. The van der Waals surface area contributed by atoms with Gasteiger partial charge in [0.1, 0.15) is 0 Å². The second-order valence-corrected chi connectivity index (χ2v) is 3.44. The lowest BCUT2D eigenvalue weighted by atomic mass is 10.1. The van der Waals surface area contributed by atoms with Gasteiger partial charge in [-0.05, 0) is 6.42 Å². The van der Waals surface area contributed by atoms with Gasteiger partial charge >= 0.3 is 5.97 Å². The van der Waals surface area contributed by atoms with Gasteiger partial charge in [-0.25, -0.2) is 0 Å². The fraction of sp³-hybridized carbons (Fsp3) is 0.818. The van der Waals surface area contributed by atoms with Crippen LogP contribution in [0.5, 0.6) is 0 Å². The average molecular weight is 215 g/mol. The molecule has 0 spiro atoms. The second-order valence-electron chi connectivity index (χ2n) is 3.44. The Morgan fingerprint density at radius 1 is 1.33 bits per heavy atom. The normalized spacial score (nSPS) is 12.1. The average Bonchev–Trinajstić information content (AvgIpc) is 2.25. The van der Waals surface area contributed by atoms with Crippen LogP contribution in [0.15, 0.2) is 0 Å². The summed E-state index contributed by atoms with van der Waals surface area (Å²) in [4.78, 5) is 21.2. The van der Waals surface area contributed by atoms with Crippen molar-refractivity contribution in [1.29, 1.82) is 0 Å². The lowest BCUT2D eigenvalue weighted by molar-refractivity contribution is -0.147. The Bertz CT molecular complexity index is 179. The van der Waals surface area contributed by atoms with Crippen molar-refractivity contribution in [2.24, 2.45) is 0 Å². The first-order valence-corrected chi connectivity index (χ1v) is 5.42. The van der Waals surface area contributed by atoms with Crippen molar-refractivity contribution in [2.75, 3.05) is 6.61 Å². The zero-order valence-corrected chi connectivity index (χ0v) is 9.20. The van der Waals surface area contributed by atoms with Gasteiger partial charge in [0.2, 0.25) is 6.29 Å². The van der Waals surface area contributed by atoms with Crippen LogP contribution in [-0.2, 0) is 14.3 Å². The van der Waals surface area contributed by atoms with E-state index in [0.29, 0.717) is 6.42 Å². The van der Waals surface area contributed by atoms with E-state index in [-0.39, 0.29) is 0 Å². The first-order chi connectivity index (χ1) is 7.24. The molecule has 0 heterocycles. The minimum Gasteiger partial charge on any atom is -0.451 e. The molecule has 0 rings (SSSR count). The summed E-state index contributed by atoms with van der Waals surface area (Å²) in [7, 11) is 0. The summed E-state index contributed by atoms with van der Waals surface area (Å²) in [6.45, 7) is 1.63. The molecule has 15 heavy (non-hydrogen) atoms. The number of carbonyl (C=O) groups excluding carboxylic acids is 2. The summed E-state index contributed by atoms with van der Waals surface area (Å²) in [5.74, 6) is -0.436. The number of ether oxygens (including phenoxy) is 1. The molecule has 0 aromatic carbocycles. The van der Waals surface area contributed by atoms with Crippen molar-refractivity contribution in [2.45, 2.75) is 51.6 Å². The van der Waals surface area contributed by atoms with Gasteiger partial charge in [-0.3, -0.25) is 9.59 Å². The Morgan fingerprint density at radius 3 is 2.53 bits per heavy atom. The fourth-order valence-electron chi connectivity index (χ4n) is 1.19. The zero-order chi connectivity index (χ0) is 11.5. The number of aliphatic hydroxyl groups is 1. The number of aliphatic hydroxyl groups excluding tert-OH is 1. The Morgan fingerprint density at radius 2 is 2.00 bits per heavy atom. The molecule has 87 valence electrons. The number of rotatable bonds is 9. The Hall–Kier alpha value is -0.900. The van der Waals surface area contributed by atoms with Crippen LogP contribution in [0, 0.1) is 0 Å². The minimum absolute atomic E-state index is 0.307. The molecule has 4 heteroatoms. The molecule has 4 nitrogen and oxygen atoms in total. The number of hydrogen-bond acceptors (Lipinski definition) is 4. The monoisotopic (exact) mass is 215 g/mol. The summed E-state index contributed by atoms with van der Waals surface area (Å²) in [6, 6.07) is 0. The van der Waals surface area contributed by atoms with Gasteiger partial charge in [0.25, 0.3) is 0 Å².